The van der Waals surface area contributed by atoms with Crippen LogP contribution in [0.4, 0.5) is 4.79 Å². The average molecular weight is 807 g/mol. The van der Waals surface area contributed by atoms with E-state index in [4.69, 9.17) is 0 Å². The van der Waals surface area contributed by atoms with E-state index in [1.54, 1.807) is 0 Å². The zero-order valence-corrected chi connectivity index (χ0v) is 34.5. The topological polar surface area (TPSA) is 58.8 Å². The molecule has 0 spiro atoms. The molecule has 12 rings (SSSR count). The summed E-state index contributed by atoms with van der Waals surface area (Å²) in [7, 11) is 0. The number of hydrogen-bond donors (Lipinski definition) is 2. The highest BCUT2D eigenvalue weighted by Crippen LogP contribution is 2.37. The van der Waals surface area contributed by atoms with E-state index in [9.17, 15) is 4.79 Å². The Bertz CT molecular complexity index is 3370. The van der Waals surface area contributed by atoms with Crippen molar-refractivity contribution in [3.8, 4) is 0 Å². The minimum atomic E-state index is -0.118. The van der Waals surface area contributed by atoms with E-state index in [-0.39, 0.29) is 6.03 Å². The smallest absolute Gasteiger partial charge is 0.314 e. The van der Waals surface area contributed by atoms with E-state index in [1.165, 1.54) is 97.8 Å². The lowest BCUT2D eigenvalue weighted by atomic mass is 9.92. The molecule has 0 aliphatic rings. The number of imidazole rings is 2. The highest BCUT2D eigenvalue weighted by atomic mass is 16.2. The van der Waals surface area contributed by atoms with Crippen molar-refractivity contribution in [2.75, 3.05) is 13.1 Å². The van der Waals surface area contributed by atoms with Gasteiger partial charge in [-0.3, -0.25) is 0 Å². The first-order valence-electron chi connectivity index (χ1n) is 21.9. The summed E-state index contributed by atoms with van der Waals surface area (Å²) >= 11 is 0. The van der Waals surface area contributed by atoms with Crippen molar-refractivity contribution in [1.82, 2.24) is 19.8 Å². The summed E-state index contributed by atoms with van der Waals surface area (Å²) in [5.41, 5.74) is 7.43. The summed E-state index contributed by atoms with van der Waals surface area (Å²) < 4.78 is 9.37. The zero-order valence-electron chi connectivity index (χ0n) is 34.5. The SMILES string of the molecule is O=C(NCCCn1c[n+](Cc2ccc3ccc4cccc5ccc2c3c45)c2ccccc21)NCCCn1c[n+](Cc2ccc3ccc4cccc5ccc2c3c45)c2ccccc21. The van der Waals surface area contributed by atoms with Crippen LogP contribution in [-0.2, 0) is 26.2 Å². The van der Waals surface area contributed by atoms with Gasteiger partial charge in [0.05, 0.1) is 13.1 Å². The third kappa shape index (κ3) is 6.14. The molecule has 0 atom stereocenters. The molecule has 2 amide bonds. The number of rotatable bonds is 12. The molecule has 0 aliphatic heterocycles. The molecule has 0 aliphatic carbocycles. The van der Waals surface area contributed by atoms with Crippen molar-refractivity contribution >= 4 is 92.7 Å². The molecule has 7 heteroatoms. The fourth-order valence-electron chi connectivity index (χ4n) is 10.3. The summed E-state index contributed by atoms with van der Waals surface area (Å²) in [6.45, 7) is 4.37. The standard InChI is InChI=1S/C55H45N6O/c62-55(56-29-7-31-58-35-60(49-15-3-1-13-47(49)58)33-43-23-21-41-19-17-37-9-5-11-39-25-27-45(43)53(41)51(37)39)57-30-8-32-59-36-61(50-16-4-2-14-48(50)59)34-44-24-22-42-20-18-38-10-6-12-40-26-28-46(44)54(42)52(38)40/h1-6,9-28,35-36H,7-8,29-34H2,(H-,56,57,62)/q+1/p+1. The Hall–Kier alpha value is -7.51. The van der Waals surface area contributed by atoms with Gasteiger partial charge in [-0.05, 0) is 88.9 Å². The molecule has 0 fully saturated rings. The second-order valence-electron chi connectivity index (χ2n) is 16.9. The van der Waals surface area contributed by atoms with Crippen LogP contribution in [0.15, 0.2) is 170 Å². The van der Waals surface area contributed by atoms with Crippen LogP contribution in [0.5, 0.6) is 0 Å². The largest absolute Gasteiger partial charge is 0.338 e. The lowest BCUT2D eigenvalue weighted by Gasteiger charge is -2.13. The maximum absolute atomic E-state index is 12.9. The number of hydrogen-bond acceptors (Lipinski definition) is 1. The van der Waals surface area contributed by atoms with E-state index >= 15 is 0 Å². The quantitative estimate of drug-likeness (QED) is 0.0721. The second kappa shape index (κ2) is 14.9. The molecule has 0 radical (unpaired) electrons. The predicted molar refractivity (Wildman–Crippen MR) is 253 cm³/mol. The van der Waals surface area contributed by atoms with Gasteiger partial charge in [-0.2, -0.15) is 0 Å². The molecular weight excluding hydrogens is 761 g/mol. The normalized spacial score (nSPS) is 12.1. The third-order valence-corrected chi connectivity index (χ3v) is 13.2. The van der Waals surface area contributed by atoms with Crippen LogP contribution in [0.2, 0.25) is 0 Å². The van der Waals surface area contributed by atoms with Gasteiger partial charge in [0.15, 0.2) is 22.1 Å². The Morgan fingerprint density at radius 1 is 0.419 bits per heavy atom. The van der Waals surface area contributed by atoms with Crippen LogP contribution in [-0.4, -0.2) is 28.3 Å². The van der Waals surface area contributed by atoms with Crippen molar-refractivity contribution in [1.29, 1.82) is 0 Å². The monoisotopic (exact) mass is 806 g/mol. The van der Waals surface area contributed by atoms with Gasteiger partial charge in [-0.25, -0.2) is 23.1 Å². The molecule has 0 saturated heterocycles. The number of benzene rings is 10. The molecule has 0 bridgehead atoms. The zero-order chi connectivity index (χ0) is 41.1. The van der Waals surface area contributed by atoms with E-state index in [1.807, 2.05) is 0 Å². The highest BCUT2D eigenvalue weighted by molar-refractivity contribution is 6.24. The molecular formula is C55H46N6O+2. The third-order valence-electron chi connectivity index (χ3n) is 13.2. The molecule has 0 saturated carbocycles. The number of fused-ring (bicyclic) bond motifs is 2. The van der Waals surface area contributed by atoms with Crippen LogP contribution in [0, 0.1) is 0 Å². The number of urea groups is 1. The van der Waals surface area contributed by atoms with Crippen molar-refractivity contribution in [3.05, 3.63) is 182 Å². The van der Waals surface area contributed by atoms with Gasteiger partial charge < -0.3 is 10.6 Å². The van der Waals surface area contributed by atoms with Gasteiger partial charge in [-0.1, -0.05) is 133 Å². The lowest BCUT2D eigenvalue weighted by Crippen LogP contribution is -2.37. The van der Waals surface area contributed by atoms with Crippen molar-refractivity contribution in [3.63, 3.8) is 0 Å². The number of para-hydroxylation sites is 4. The summed E-state index contributed by atoms with van der Waals surface area (Å²) in [6, 6.07) is 57.5. The van der Waals surface area contributed by atoms with E-state index in [0.29, 0.717) is 13.1 Å². The second-order valence-corrected chi connectivity index (χ2v) is 16.9. The van der Waals surface area contributed by atoms with Gasteiger partial charge in [0.2, 0.25) is 12.7 Å². The number of aryl methyl sites for hydroxylation is 2. The molecule has 2 aromatic heterocycles. The number of amides is 2. The molecule has 10 aromatic carbocycles. The fourth-order valence-corrected chi connectivity index (χ4v) is 10.3. The first-order valence-corrected chi connectivity index (χ1v) is 21.9. The Morgan fingerprint density at radius 2 is 0.806 bits per heavy atom. The van der Waals surface area contributed by atoms with Gasteiger partial charge in [0.25, 0.3) is 0 Å². The Labute approximate surface area is 358 Å². The number of carbonyl (C=O) groups excluding carboxylic acids is 1. The van der Waals surface area contributed by atoms with Crippen molar-refractivity contribution < 1.29 is 13.9 Å². The minimum absolute atomic E-state index is 0.118. The molecule has 0 unspecified atom stereocenters. The van der Waals surface area contributed by atoms with Gasteiger partial charge >= 0.3 is 6.03 Å². The highest BCUT2D eigenvalue weighted by Gasteiger charge is 2.20. The first-order chi connectivity index (χ1) is 30.6. The maximum Gasteiger partial charge on any atom is 0.314 e. The first kappa shape index (κ1) is 36.4. The molecule has 2 N–H and O–H groups in total. The van der Waals surface area contributed by atoms with Crippen LogP contribution >= 0.6 is 0 Å². The summed E-state index contributed by atoms with van der Waals surface area (Å²) in [5.74, 6) is 0. The van der Waals surface area contributed by atoms with Crippen molar-refractivity contribution in [2.45, 2.75) is 39.0 Å². The Balaban J connectivity index is 0.679. The van der Waals surface area contributed by atoms with Crippen LogP contribution in [0.25, 0.3) is 86.7 Å². The minimum Gasteiger partial charge on any atom is -0.338 e. The van der Waals surface area contributed by atoms with E-state index < -0.39 is 0 Å². The molecule has 7 nitrogen and oxygen atoms in total. The fraction of sp³-hybridized carbons (Fsp3) is 0.145. The van der Waals surface area contributed by atoms with Gasteiger partial charge in [0.1, 0.15) is 13.1 Å². The summed E-state index contributed by atoms with van der Waals surface area (Å²) in [5, 5.41) is 22.0. The molecule has 300 valence electrons. The van der Waals surface area contributed by atoms with Gasteiger partial charge in [-0.15, -0.1) is 0 Å². The number of aromatic nitrogens is 4. The Kier molecular flexibility index (Phi) is 8.73. The van der Waals surface area contributed by atoms with Crippen molar-refractivity contribution in [2.24, 2.45) is 0 Å². The van der Waals surface area contributed by atoms with Crippen LogP contribution in [0.1, 0.15) is 24.0 Å². The average Bonchev–Trinajstić information content (AvgIpc) is 3.85. The van der Waals surface area contributed by atoms with Gasteiger partial charge in [0, 0.05) is 37.1 Å². The summed E-state index contributed by atoms with van der Waals surface area (Å²) in [4.78, 5) is 12.9. The molecule has 2 heterocycles. The number of carbonyl (C=O) groups is 1. The molecule has 12 aromatic rings. The number of nitrogens with one attached hydrogen (secondary N) is 2. The summed E-state index contributed by atoms with van der Waals surface area (Å²) in [6.07, 6.45) is 6.13. The lowest BCUT2D eigenvalue weighted by molar-refractivity contribution is -0.663. The van der Waals surface area contributed by atoms with E-state index in [0.717, 1.165) is 39.0 Å². The molecule has 62 heavy (non-hydrogen) atoms. The number of nitrogens with zero attached hydrogens (tertiary/aromatic N) is 4. The van der Waals surface area contributed by atoms with Crippen LogP contribution < -0.4 is 19.8 Å². The predicted octanol–water partition coefficient (Wildman–Crippen LogP) is 10.8. The maximum atomic E-state index is 12.9. The van der Waals surface area contributed by atoms with E-state index in [2.05, 4.69) is 199 Å². The van der Waals surface area contributed by atoms with Crippen LogP contribution in [0.3, 0.4) is 0 Å². The Morgan fingerprint density at radius 3 is 1.26 bits per heavy atom.